The minimum Gasteiger partial charge on any atom is -0.490 e. The van der Waals surface area contributed by atoms with Crippen LogP contribution in [-0.2, 0) is 4.79 Å². The first-order chi connectivity index (χ1) is 15.3. The second-order valence-corrected chi connectivity index (χ2v) is 7.85. The van der Waals surface area contributed by atoms with Crippen molar-refractivity contribution < 1.29 is 24.2 Å². The molecule has 0 spiro atoms. The molecule has 1 saturated heterocycles. The number of thioether (sulfide) groups is 1. The van der Waals surface area contributed by atoms with Crippen molar-refractivity contribution in [2.45, 2.75) is 6.92 Å². The first-order valence-electron chi connectivity index (χ1n) is 9.39. The molecule has 0 bridgehead atoms. The molecule has 1 aliphatic heterocycles. The quantitative estimate of drug-likeness (QED) is 0.588. The van der Waals surface area contributed by atoms with Crippen LogP contribution in [0.25, 0.3) is 6.08 Å². The molecule has 0 saturated carbocycles. The average Bonchev–Trinajstić information content (AvgIpc) is 3.01. The predicted molar refractivity (Wildman–Crippen MR) is 123 cm³/mol. The van der Waals surface area contributed by atoms with Gasteiger partial charge < -0.3 is 14.6 Å². The number of halogens is 1. The number of carbonyl (C=O) groups excluding carboxylic acids is 1. The third kappa shape index (κ3) is 5.22. The SMILES string of the molecule is CCOc1cc(/C=C2\SC(=Nc3ccc(C(=O)O)cc3)N(C)C2=O)cc(Cl)c1OCC#N. The summed E-state index contributed by atoms with van der Waals surface area (Å²) in [5.74, 6) is -0.619. The largest absolute Gasteiger partial charge is 0.490 e. The number of rotatable bonds is 7. The summed E-state index contributed by atoms with van der Waals surface area (Å²) in [6.45, 7) is 2.00. The van der Waals surface area contributed by atoms with Gasteiger partial charge in [0.1, 0.15) is 6.07 Å². The van der Waals surface area contributed by atoms with Gasteiger partial charge in [-0.25, -0.2) is 9.79 Å². The Bertz CT molecular complexity index is 1160. The lowest BCUT2D eigenvalue weighted by atomic mass is 10.1. The Morgan fingerprint density at radius 2 is 2.03 bits per heavy atom. The van der Waals surface area contributed by atoms with E-state index in [2.05, 4.69) is 4.99 Å². The second kappa shape index (κ2) is 10.2. The topological polar surface area (TPSA) is 112 Å². The summed E-state index contributed by atoms with van der Waals surface area (Å²) in [6.07, 6.45) is 1.67. The molecule has 2 aromatic rings. The fourth-order valence-corrected chi connectivity index (χ4v) is 4.03. The van der Waals surface area contributed by atoms with E-state index in [0.717, 1.165) is 0 Å². The highest BCUT2D eigenvalue weighted by Crippen LogP contribution is 2.39. The number of carbonyl (C=O) groups is 2. The Labute approximate surface area is 193 Å². The smallest absolute Gasteiger partial charge is 0.335 e. The van der Waals surface area contributed by atoms with Crippen molar-refractivity contribution in [3.05, 3.63) is 57.5 Å². The average molecular weight is 472 g/mol. The molecular weight excluding hydrogens is 454 g/mol. The summed E-state index contributed by atoms with van der Waals surface area (Å²) in [6, 6.07) is 11.2. The molecule has 1 aliphatic rings. The van der Waals surface area contributed by atoms with Crippen LogP contribution in [0, 0.1) is 11.3 Å². The van der Waals surface area contributed by atoms with Crippen molar-refractivity contribution in [1.82, 2.24) is 4.90 Å². The molecule has 1 N–H and O–H groups in total. The monoisotopic (exact) mass is 471 g/mol. The van der Waals surface area contributed by atoms with E-state index in [1.54, 1.807) is 37.4 Å². The van der Waals surface area contributed by atoms with Crippen molar-refractivity contribution >= 4 is 52.2 Å². The van der Waals surface area contributed by atoms with Gasteiger partial charge in [0.2, 0.25) is 0 Å². The van der Waals surface area contributed by atoms with Gasteiger partial charge >= 0.3 is 5.97 Å². The van der Waals surface area contributed by atoms with Crippen molar-refractivity contribution in [2.75, 3.05) is 20.3 Å². The van der Waals surface area contributed by atoms with Crippen LogP contribution in [-0.4, -0.2) is 47.3 Å². The number of aromatic carboxylic acids is 1. The van der Waals surface area contributed by atoms with Crippen LogP contribution in [0.4, 0.5) is 5.69 Å². The van der Waals surface area contributed by atoms with Crippen molar-refractivity contribution in [1.29, 1.82) is 5.26 Å². The van der Waals surface area contributed by atoms with E-state index in [1.807, 2.05) is 13.0 Å². The number of carboxylic acid groups (broad SMARTS) is 1. The normalized spacial score (nSPS) is 15.8. The van der Waals surface area contributed by atoms with Crippen molar-refractivity contribution in [2.24, 2.45) is 4.99 Å². The van der Waals surface area contributed by atoms with Crippen LogP contribution in [0.5, 0.6) is 11.5 Å². The van der Waals surface area contributed by atoms with E-state index in [1.165, 1.54) is 28.8 Å². The summed E-state index contributed by atoms with van der Waals surface area (Å²) in [7, 11) is 1.61. The molecule has 1 heterocycles. The van der Waals surface area contributed by atoms with Crippen LogP contribution in [0.1, 0.15) is 22.8 Å². The number of carboxylic acids is 1. The maximum absolute atomic E-state index is 12.7. The van der Waals surface area contributed by atoms with Gasteiger partial charge in [-0.1, -0.05) is 11.6 Å². The lowest BCUT2D eigenvalue weighted by Gasteiger charge is -2.12. The highest BCUT2D eigenvalue weighted by atomic mass is 35.5. The molecule has 8 nitrogen and oxygen atoms in total. The van der Waals surface area contributed by atoms with Gasteiger partial charge in [-0.15, -0.1) is 0 Å². The van der Waals surface area contributed by atoms with Crippen molar-refractivity contribution in [3.63, 3.8) is 0 Å². The molecule has 0 aliphatic carbocycles. The summed E-state index contributed by atoms with van der Waals surface area (Å²) in [5.41, 5.74) is 1.31. The lowest BCUT2D eigenvalue weighted by molar-refractivity contribution is -0.121. The minimum absolute atomic E-state index is 0.155. The summed E-state index contributed by atoms with van der Waals surface area (Å²) in [4.78, 5) is 30.0. The molecule has 0 radical (unpaired) electrons. The highest BCUT2D eigenvalue weighted by molar-refractivity contribution is 8.18. The zero-order valence-electron chi connectivity index (χ0n) is 17.2. The van der Waals surface area contributed by atoms with E-state index < -0.39 is 5.97 Å². The summed E-state index contributed by atoms with van der Waals surface area (Å²) < 4.78 is 10.9. The van der Waals surface area contributed by atoms with Gasteiger partial charge in [0, 0.05) is 7.05 Å². The van der Waals surface area contributed by atoms with Gasteiger partial charge in [0.05, 0.1) is 27.8 Å². The summed E-state index contributed by atoms with van der Waals surface area (Å²) >= 11 is 7.50. The standard InChI is InChI=1S/C22H18ClN3O5S/c1-3-30-17-11-13(10-16(23)19(17)31-9-8-24)12-18-20(27)26(2)22(32-18)25-15-6-4-14(5-7-15)21(28)29/h4-7,10-12H,3,9H2,1-2H3,(H,28,29)/b18-12-,25-22?. The molecule has 1 fully saturated rings. The maximum Gasteiger partial charge on any atom is 0.335 e. The Morgan fingerprint density at radius 1 is 1.31 bits per heavy atom. The molecule has 2 aromatic carbocycles. The predicted octanol–water partition coefficient (Wildman–Crippen LogP) is 4.57. The van der Waals surface area contributed by atoms with Gasteiger partial charge in [0.25, 0.3) is 5.91 Å². The molecule has 3 rings (SSSR count). The fourth-order valence-electron chi connectivity index (χ4n) is 2.77. The summed E-state index contributed by atoms with van der Waals surface area (Å²) in [5, 5.41) is 18.5. The van der Waals surface area contributed by atoms with Gasteiger partial charge in [-0.05, 0) is 66.7 Å². The van der Waals surface area contributed by atoms with E-state index in [4.69, 9.17) is 31.4 Å². The van der Waals surface area contributed by atoms with Gasteiger partial charge in [0.15, 0.2) is 23.3 Å². The van der Waals surface area contributed by atoms with Crippen molar-refractivity contribution in [3.8, 4) is 17.6 Å². The molecular formula is C22H18ClN3O5S. The fraction of sp³-hybridized carbons (Fsp3) is 0.182. The Balaban J connectivity index is 1.89. The van der Waals surface area contributed by atoms with Crippen LogP contribution in [0.3, 0.4) is 0 Å². The third-order valence-electron chi connectivity index (χ3n) is 4.25. The number of hydrogen-bond acceptors (Lipinski definition) is 7. The maximum atomic E-state index is 12.7. The first kappa shape index (κ1) is 23.2. The Kier molecular flexibility index (Phi) is 7.41. The number of amidine groups is 1. The van der Waals surface area contributed by atoms with Crippen LogP contribution in [0.2, 0.25) is 5.02 Å². The zero-order valence-corrected chi connectivity index (χ0v) is 18.7. The number of nitriles is 1. The van der Waals surface area contributed by atoms with E-state index in [9.17, 15) is 9.59 Å². The number of ether oxygens (including phenoxy) is 2. The lowest BCUT2D eigenvalue weighted by Crippen LogP contribution is -2.23. The zero-order chi connectivity index (χ0) is 23.3. The molecule has 0 atom stereocenters. The number of hydrogen-bond donors (Lipinski definition) is 1. The van der Waals surface area contributed by atoms with E-state index in [-0.39, 0.29) is 28.8 Å². The highest BCUT2D eigenvalue weighted by Gasteiger charge is 2.30. The molecule has 32 heavy (non-hydrogen) atoms. The van der Waals surface area contributed by atoms with Gasteiger partial charge in [-0.2, -0.15) is 5.26 Å². The van der Waals surface area contributed by atoms with Crippen LogP contribution in [0.15, 0.2) is 46.3 Å². The van der Waals surface area contributed by atoms with E-state index >= 15 is 0 Å². The second-order valence-electron chi connectivity index (χ2n) is 6.43. The molecule has 164 valence electrons. The Morgan fingerprint density at radius 3 is 2.66 bits per heavy atom. The molecule has 0 aromatic heterocycles. The number of amides is 1. The third-order valence-corrected chi connectivity index (χ3v) is 5.59. The minimum atomic E-state index is -1.02. The van der Waals surface area contributed by atoms with E-state index in [0.29, 0.717) is 33.7 Å². The Hall–Kier alpha value is -3.48. The molecule has 0 unspecified atom stereocenters. The number of likely N-dealkylation sites (N-methyl/N-ethyl adjacent to an activating group) is 1. The number of benzene rings is 2. The first-order valence-corrected chi connectivity index (χ1v) is 10.6. The van der Waals surface area contributed by atoms with Gasteiger partial charge in [-0.3, -0.25) is 9.69 Å². The van der Waals surface area contributed by atoms with Crippen LogP contribution < -0.4 is 9.47 Å². The molecule has 1 amide bonds. The number of aliphatic imine (C=N–C) groups is 1. The number of nitrogens with zero attached hydrogens (tertiary/aromatic N) is 3. The molecule has 10 heteroatoms. The van der Waals surface area contributed by atoms with Crippen LogP contribution >= 0.6 is 23.4 Å².